The van der Waals surface area contributed by atoms with Crippen LogP contribution in [-0.4, -0.2) is 60.7 Å². The quantitative estimate of drug-likeness (QED) is 0.595. The van der Waals surface area contributed by atoms with Crippen LogP contribution in [0.2, 0.25) is 0 Å². The first-order chi connectivity index (χ1) is 16.1. The van der Waals surface area contributed by atoms with Gasteiger partial charge >= 0.3 is 6.09 Å². The van der Waals surface area contributed by atoms with Crippen LogP contribution in [0.5, 0.6) is 5.75 Å². The molecule has 1 aliphatic rings. The minimum absolute atomic E-state index is 0.103. The lowest BCUT2D eigenvalue weighted by Crippen LogP contribution is -2.53. The van der Waals surface area contributed by atoms with E-state index in [1.165, 1.54) is 17.0 Å². The number of likely N-dealkylation sites (tertiary alicyclic amines) is 1. The molecule has 1 aliphatic heterocycles. The Labute approximate surface area is 201 Å². The fraction of sp³-hybridized carbons (Fsp3) is 0.481. The predicted octanol–water partition coefficient (Wildman–Crippen LogP) is 5.02. The second kappa shape index (κ2) is 10.9. The molecule has 0 saturated carbocycles. The van der Waals surface area contributed by atoms with Crippen LogP contribution in [0.4, 0.5) is 9.18 Å². The van der Waals surface area contributed by atoms with Gasteiger partial charge in [0.05, 0.1) is 7.11 Å². The van der Waals surface area contributed by atoms with Crippen molar-refractivity contribution >= 4 is 12.0 Å². The van der Waals surface area contributed by atoms with Crippen LogP contribution in [0.25, 0.3) is 0 Å². The van der Waals surface area contributed by atoms with E-state index >= 15 is 0 Å². The number of methoxy groups -OCH3 is 1. The number of carbonyl (C=O) groups excluding carboxylic acids is 2. The standard InChI is InChI=1S/C27H35FN2O4/c1-27(2,3)34-26(32)29(4)23(17-19-9-7-6-8-10-19)25(31)30-15-13-20(14-16-30)22-18-21(28)11-12-24(22)33-5/h6-12,18,20,23H,13-17H2,1-5H3/t23-/m1/s1. The average Bonchev–Trinajstić information content (AvgIpc) is 2.81. The van der Waals surface area contributed by atoms with E-state index in [0.717, 1.165) is 11.1 Å². The van der Waals surface area contributed by atoms with Crippen molar-refractivity contribution in [3.63, 3.8) is 0 Å². The molecule has 0 radical (unpaired) electrons. The molecule has 184 valence electrons. The molecule has 0 unspecified atom stereocenters. The van der Waals surface area contributed by atoms with Crippen LogP contribution in [-0.2, 0) is 16.0 Å². The lowest BCUT2D eigenvalue weighted by atomic mass is 9.88. The van der Waals surface area contributed by atoms with E-state index in [1.54, 1.807) is 45.9 Å². The molecule has 7 heteroatoms. The highest BCUT2D eigenvalue weighted by Gasteiger charge is 2.35. The Morgan fingerprint density at radius 2 is 1.76 bits per heavy atom. The largest absolute Gasteiger partial charge is 0.496 e. The Balaban J connectivity index is 1.75. The van der Waals surface area contributed by atoms with E-state index in [0.29, 0.717) is 38.1 Å². The minimum Gasteiger partial charge on any atom is -0.496 e. The fourth-order valence-electron chi connectivity index (χ4n) is 4.33. The zero-order chi connectivity index (χ0) is 24.9. The van der Waals surface area contributed by atoms with E-state index < -0.39 is 17.7 Å². The molecule has 1 fully saturated rings. The van der Waals surface area contributed by atoms with E-state index in [-0.39, 0.29) is 17.6 Å². The second-order valence-corrected chi connectivity index (χ2v) is 9.78. The van der Waals surface area contributed by atoms with Gasteiger partial charge in [0, 0.05) is 32.1 Å². The molecule has 1 heterocycles. The van der Waals surface area contributed by atoms with E-state index in [2.05, 4.69) is 0 Å². The van der Waals surface area contributed by atoms with Crippen molar-refractivity contribution in [2.24, 2.45) is 0 Å². The van der Waals surface area contributed by atoms with Crippen molar-refractivity contribution in [3.05, 3.63) is 65.5 Å². The lowest BCUT2D eigenvalue weighted by Gasteiger charge is -2.37. The molecule has 0 aromatic heterocycles. The van der Waals surface area contributed by atoms with Gasteiger partial charge in [-0.25, -0.2) is 9.18 Å². The Bertz CT molecular complexity index is 982. The molecule has 1 saturated heterocycles. The molecule has 2 amide bonds. The zero-order valence-electron chi connectivity index (χ0n) is 20.7. The third kappa shape index (κ3) is 6.49. The number of hydrogen-bond donors (Lipinski definition) is 0. The SMILES string of the molecule is COc1ccc(F)cc1C1CCN(C(=O)[C@@H](Cc2ccccc2)N(C)C(=O)OC(C)(C)C)CC1. The molecular formula is C27H35FN2O4. The highest BCUT2D eigenvalue weighted by Crippen LogP contribution is 2.35. The van der Waals surface area contributed by atoms with Crippen molar-refractivity contribution in [2.45, 2.75) is 57.6 Å². The maximum absolute atomic E-state index is 13.9. The van der Waals surface area contributed by atoms with Crippen LogP contribution in [0, 0.1) is 5.82 Å². The number of hydrogen-bond acceptors (Lipinski definition) is 4. The summed E-state index contributed by atoms with van der Waals surface area (Å²) >= 11 is 0. The van der Waals surface area contributed by atoms with Gasteiger partial charge in [0.25, 0.3) is 0 Å². The van der Waals surface area contributed by atoms with Crippen molar-refractivity contribution in [1.29, 1.82) is 0 Å². The molecule has 34 heavy (non-hydrogen) atoms. The van der Waals surface area contributed by atoms with Crippen molar-refractivity contribution in [1.82, 2.24) is 9.80 Å². The monoisotopic (exact) mass is 470 g/mol. The van der Waals surface area contributed by atoms with Crippen LogP contribution < -0.4 is 4.74 Å². The minimum atomic E-state index is -0.683. The van der Waals surface area contributed by atoms with E-state index in [1.807, 2.05) is 30.3 Å². The lowest BCUT2D eigenvalue weighted by molar-refractivity contribution is -0.137. The van der Waals surface area contributed by atoms with Gasteiger partial charge in [-0.1, -0.05) is 30.3 Å². The number of piperidine rings is 1. The van der Waals surface area contributed by atoms with Gasteiger partial charge in [-0.15, -0.1) is 0 Å². The zero-order valence-corrected chi connectivity index (χ0v) is 20.7. The molecule has 2 aromatic carbocycles. The summed E-state index contributed by atoms with van der Waals surface area (Å²) in [4.78, 5) is 29.6. The number of likely N-dealkylation sites (N-methyl/N-ethyl adjacent to an activating group) is 1. The first-order valence-electron chi connectivity index (χ1n) is 11.7. The highest BCUT2D eigenvalue weighted by molar-refractivity contribution is 5.86. The summed E-state index contributed by atoms with van der Waals surface area (Å²) < 4.78 is 24.8. The molecule has 2 aromatic rings. The van der Waals surface area contributed by atoms with Crippen molar-refractivity contribution in [3.8, 4) is 5.75 Å². The van der Waals surface area contributed by atoms with Gasteiger partial charge < -0.3 is 14.4 Å². The maximum atomic E-state index is 13.9. The summed E-state index contributed by atoms with van der Waals surface area (Å²) in [7, 11) is 3.19. The fourth-order valence-corrected chi connectivity index (χ4v) is 4.33. The molecule has 3 rings (SSSR count). The smallest absolute Gasteiger partial charge is 0.410 e. The number of halogens is 1. The van der Waals surface area contributed by atoms with Crippen molar-refractivity contribution in [2.75, 3.05) is 27.2 Å². The van der Waals surface area contributed by atoms with Crippen molar-refractivity contribution < 1.29 is 23.5 Å². The van der Waals surface area contributed by atoms with E-state index in [9.17, 15) is 14.0 Å². The van der Waals surface area contributed by atoms with Gasteiger partial charge in [-0.05, 0) is 63.3 Å². The Morgan fingerprint density at radius 3 is 2.35 bits per heavy atom. The molecule has 0 aliphatic carbocycles. The van der Waals surface area contributed by atoms with Gasteiger partial charge in [-0.2, -0.15) is 0 Å². The highest BCUT2D eigenvalue weighted by atomic mass is 19.1. The van der Waals surface area contributed by atoms with Gasteiger partial charge in [0.15, 0.2) is 0 Å². The molecule has 0 N–H and O–H groups in total. The molecule has 0 spiro atoms. The molecule has 6 nitrogen and oxygen atoms in total. The van der Waals surface area contributed by atoms with Crippen LogP contribution in [0.1, 0.15) is 50.7 Å². The maximum Gasteiger partial charge on any atom is 0.410 e. The predicted molar refractivity (Wildman–Crippen MR) is 129 cm³/mol. The molecule has 0 bridgehead atoms. The van der Waals surface area contributed by atoms with Gasteiger partial charge in [0.1, 0.15) is 23.2 Å². The molecule has 1 atom stereocenters. The Hall–Kier alpha value is -3.09. The summed E-state index contributed by atoms with van der Waals surface area (Å²) in [5.41, 5.74) is 1.14. The second-order valence-electron chi connectivity index (χ2n) is 9.78. The topological polar surface area (TPSA) is 59.1 Å². The number of ether oxygens (including phenoxy) is 2. The third-order valence-electron chi connectivity index (χ3n) is 6.14. The number of benzene rings is 2. The summed E-state index contributed by atoms with van der Waals surface area (Å²) in [6.45, 7) is 6.46. The first kappa shape index (κ1) is 25.5. The third-order valence-corrected chi connectivity index (χ3v) is 6.14. The summed E-state index contributed by atoms with van der Waals surface area (Å²) in [5, 5.41) is 0. The average molecular weight is 471 g/mol. The van der Waals surface area contributed by atoms with Crippen LogP contribution in [0.15, 0.2) is 48.5 Å². The van der Waals surface area contributed by atoms with Crippen LogP contribution >= 0.6 is 0 Å². The normalized spacial score (nSPS) is 15.5. The Morgan fingerprint density at radius 1 is 1.12 bits per heavy atom. The number of carbonyl (C=O) groups is 2. The van der Waals surface area contributed by atoms with Crippen LogP contribution in [0.3, 0.4) is 0 Å². The van der Waals surface area contributed by atoms with Gasteiger partial charge in [-0.3, -0.25) is 9.69 Å². The summed E-state index contributed by atoms with van der Waals surface area (Å²) in [5.74, 6) is 0.363. The molecular weight excluding hydrogens is 435 g/mol. The van der Waals surface area contributed by atoms with E-state index in [4.69, 9.17) is 9.47 Å². The summed E-state index contributed by atoms with van der Waals surface area (Å²) in [6, 6.07) is 13.5. The number of rotatable bonds is 6. The van der Waals surface area contributed by atoms with Gasteiger partial charge in [0.2, 0.25) is 5.91 Å². The first-order valence-corrected chi connectivity index (χ1v) is 11.7. The summed E-state index contributed by atoms with van der Waals surface area (Å²) in [6.07, 6.45) is 1.26. The number of nitrogens with zero attached hydrogens (tertiary/aromatic N) is 2. The Kier molecular flexibility index (Phi) is 8.18. The number of amides is 2.